The average Bonchev–Trinajstić information content (AvgIpc) is 3.36. The molecule has 1 atom stereocenters. The van der Waals surface area contributed by atoms with Crippen molar-refractivity contribution in [1.29, 1.82) is 0 Å². The number of hydrogen-bond donors (Lipinski definition) is 0. The second-order valence-electron chi connectivity index (χ2n) is 6.40. The van der Waals surface area contributed by atoms with Crippen LogP contribution in [0.25, 0.3) is 11.4 Å². The first-order chi connectivity index (χ1) is 13.2. The maximum Gasteiger partial charge on any atom is 0.227 e. The van der Waals surface area contributed by atoms with E-state index in [4.69, 9.17) is 13.7 Å². The molecule has 1 amide bonds. The molecular formula is C19H20N4O4. The van der Waals surface area contributed by atoms with Crippen LogP contribution in [0.1, 0.15) is 29.9 Å². The summed E-state index contributed by atoms with van der Waals surface area (Å²) in [6.45, 7) is 3.43. The molecule has 140 valence electrons. The molecule has 8 nitrogen and oxygen atoms in total. The van der Waals surface area contributed by atoms with Crippen molar-refractivity contribution in [3.8, 4) is 11.4 Å². The van der Waals surface area contributed by atoms with Crippen LogP contribution in [0.2, 0.25) is 0 Å². The first-order valence-electron chi connectivity index (χ1n) is 8.88. The van der Waals surface area contributed by atoms with Crippen molar-refractivity contribution in [3.05, 3.63) is 54.1 Å². The Hall–Kier alpha value is -3.00. The molecule has 4 heterocycles. The standard InChI is InChI=1S/C19H20N4O4/c1-13-4-5-15(26-13)16-12-23(9-10-25-16)18(24)7-6-17-21-19(22-27-17)14-3-2-8-20-11-14/h2-5,8,11,16H,6-7,9-10,12H2,1H3. The van der Waals surface area contributed by atoms with E-state index in [0.717, 1.165) is 17.1 Å². The van der Waals surface area contributed by atoms with Crippen molar-refractivity contribution in [3.63, 3.8) is 0 Å². The van der Waals surface area contributed by atoms with Crippen molar-refractivity contribution in [2.24, 2.45) is 0 Å². The number of furan rings is 1. The molecule has 1 saturated heterocycles. The van der Waals surface area contributed by atoms with Gasteiger partial charge in [-0.2, -0.15) is 4.98 Å². The molecule has 3 aromatic rings. The fraction of sp³-hybridized carbons (Fsp3) is 0.368. The predicted octanol–water partition coefficient (Wildman–Crippen LogP) is 2.57. The third-order valence-electron chi connectivity index (χ3n) is 4.44. The molecule has 1 fully saturated rings. The molecule has 0 aromatic carbocycles. The van der Waals surface area contributed by atoms with E-state index in [0.29, 0.717) is 44.3 Å². The number of morpholine rings is 1. The van der Waals surface area contributed by atoms with E-state index in [-0.39, 0.29) is 12.0 Å². The lowest BCUT2D eigenvalue weighted by Gasteiger charge is -2.32. The Labute approximate surface area is 156 Å². The minimum Gasteiger partial charge on any atom is -0.464 e. The summed E-state index contributed by atoms with van der Waals surface area (Å²) in [5.41, 5.74) is 0.781. The summed E-state index contributed by atoms with van der Waals surface area (Å²) in [6.07, 6.45) is 3.83. The Bertz CT molecular complexity index is 905. The quantitative estimate of drug-likeness (QED) is 0.683. The lowest BCUT2D eigenvalue weighted by molar-refractivity contribution is -0.139. The zero-order valence-electron chi connectivity index (χ0n) is 15.0. The first-order valence-corrected chi connectivity index (χ1v) is 8.88. The van der Waals surface area contributed by atoms with Gasteiger partial charge in [0.1, 0.15) is 17.6 Å². The highest BCUT2D eigenvalue weighted by Crippen LogP contribution is 2.24. The normalized spacial score (nSPS) is 17.2. The summed E-state index contributed by atoms with van der Waals surface area (Å²) in [7, 11) is 0. The molecule has 0 radical (unpaired) electrons. The molecule has 8 heteroatoms. The summed E-state index contributed by atoms with van der Waals surface area (Å²) in [5, 5.41) is 3.95. The zero-order chi connectivity index (χ0) is 18.6. The van der Waals surface area contributed by atoms with Crippen molar-refractivity contribution < 1.29 is 18.5 Å². The minimum atomic E-state index is -0.225. The van der Waals surface area contributed by atoms with Gasteiger partial charge in [-0.05, 0) is 31.2 Å². The van der Waals surface area contributed by atoms with Crippen LogP contribution in [0.15, 0.2) is 45.6 Å². The van der Waals surface area contributed by atoms with Gasteiger partial charge >= 0.3 is 0 Å². The summed E-state index contributed by atoms with van der Waals surface area (Å²) >= 11 is 0. The highest BCUT2D eigenvalue weighted by atomic mass is 16.5. The van der Waals surface area contributed by atoms with Crippen LogP contribution >= 0.6 is 0 Å². The molecule has 3 aromatic heterocycles. The van der Waals surface area contributed by atoms with Crippen LogP contribution < -0.4 is 0 Å². The van der Waals surface area contributed by atoms with Crippen LogP contribution in [-0.4, -0.2) is 45.6 Å². The zero-order valence-corrected chi connectivity index (χ0v) is 15.0. The minimum absolute atomic E-state index is 0.0349. The number of nitrogens with zero attached hydrogens (tertiary/aromatic N) is 4. The number of aromatic nitrogens is 3. The Balaban J connectivity index is 1.33. The van der Waals surface area contributed by atoms with Crippen molar-refractivity contribution in [1.82, 2.24) is 20.0 Å². The largest absolute Gasteiger partial charge is 0.464 e. The van der Waals surface area contributed by atoms with E-state index < -0.39 is 0 Å². The van der Waals surface area contributed by atoms with Gasteiger partial charge in [-0.3, -0.25) is 9.78 Å². The van der Waals surface area contributed by atoms with Crippen molar-refractivity contribution in [2.75, 3.05) is 19.7 Å². The van der Waals surface area contributed by atoms with Crippen LogP contribution in [-0.2, 0) is 16.0 Å². The average molecular weight is 368 g/mol. The van der Waals surface area contributed by atoms with Crippen LogP contribution in [0, 0.1) is 6.92 Å². The number of carbonyl (C=O) groups excluding carboxylic acids is 1. The van der Waals surface area contributed by atoms with Gasteiger partial charge in [0.2, 0.25) is 17.6 Å². The second-order valence-corrected chi connectivity index (χ2v) is 6.40. The van der Waals surface area contributed by atoms with Gasteiger partial charge in [-0.25, -0.2) is 0 Å². The molecule has 0 N–H and O–H groups in total. The van der Waals surface area contributed by atoms with E-state index in [1.807, 2.05) is 31.2 Å². The molecular weight excluding hydrogens is 348 g/mol. The Morgan fingerprint density at radius 1 is 1.33 bits per heavy atom. The SMILES string of the molecule is Cc1ccc(C2CN(C(=O)CCc3nc(-c4cccnc4)no3)CCO2)o1. The Morgan fingerprint density at radius 3 is 3.04 bits per heavy atom. The maximum absolute atomic E-state index is 12.6. The fourth-order valence-electron chi connectivity index (χ4n) is 3.02. The van der Waals surface area contributed by atoms with E-state index in [1.165, 1.54) is 0 Å². The van der Waals surface area contributed by atoms with Crippen LogP contribution in [0.5, 0.6) is 0 Å². The summed E-state index contributed by atoms with van der Waals surface area (Å²) in [5.74, 6) is 2.53. The lowest BCUT2D eigenvalue weighted by atomic mass is 10.2. The molecule has 27 heavy (non-hydrogen) atoms. The smallest absolute Gasteiger partial charge is 0.227 e. The molecule has 1 aliphatic rings. The third kappa shape index (κ3) is 4.06. The number of amides is 1. The highest BCUT2D eigenvalue weighted by molar-refractivity contribution is 5.76. The maximum atomic E-state index is 12.6. The van der Waals surface area contributed by atoms with E-state index in [1.54, 1.807) is 17.3 Å². The van der Waals surface area contributed by atoms with E-state index >= 15 is 0 Å². The molecule has 4 rings (SSSR count). The number of ether oxygens (including phenoxy) is 1. The number of aryl methyl sites for hydroxylation is 2. The predicted molar refractivity (Wildman–Crippen MR) is 94.6 cm³/mol. The number of carbonyl (C=O) groups is 1. The molecule has 0 spiro atoms. The lowest BCUT2D eigenvalue weighted by Crippen LogP contribution is -2.42. The van der Waals surface area contributed by atoms with Gasteiger partial charge in [-0.15, -0.1) is 0 Å². The van der Waals surface area contributed by atoms with Gasteiger partial charge in [0.05, 0.1) is 13.2 Å². The van der Waals surface area contributed by atoms with Gasteiger partial charge in [0, 0.05) is 37.3 Å². The number of pyridine rings is 1. The summed E-state index contributed by atoms with van der Waals surface area (Å²) < 4.78 is 16.6. The topological polar surface area (TPSA) is 94.5 Å². The van der Waals surface area contributed by atoms with Crippen LogP contribution in [0.4, 0.5) is 0 Å². The highest BCUT2D eigenvalue weighted by Gasteiger charge is 2.27. The Morgan fingerprint density at radius 2 is 2.26 bits per heavy atom. The molecule has 0 bridgehead atoms. The fourth-order valence-corrected chi connectivity index (χ4v) is 3.02. The van der Waals surface area contributed by atoms with E-state index in [9.17, 15) is 4.79 Å². The van der Waals surface area contributed by atoms with Crippen molar-refractivity contribution >= 4 is 5.91 Å². The number of rotatable bonds is 5. The van der Waals surface area contributed by atoms with Gasteiger partial charge in [-0.1, -0.05) is 5.16 Å². The van der Waals surface area contributed by atoms with Gasteiger partial charge < -0.3 is 18.6 Å². The van der Waals surface area contributed by atoms with E-state index in [2.05, 4.69) is 15.1 Å². The summed E-state index contributed by atoms with van der Waals surface area (Å²) in [6, 6.07) is 7.46. The number of hydrogen-bond acceptors (Lipinski definition) is 7. The third-order valence-corrected chi connectivity index (χ3v) is 4.44. The van der Waals surface area contributed by atoms with Crippen LogP contribution in [0.3, 0.4) is 0 Å². The summed E-state index contributed by atoms with van der Waals surface area (Å²) in [4.78, 5) is 22.7. The monoisotopic (exact) mass is 368 g/mol. The Kier molecular flexibility index (Phi) is 4.97. The van der Waals surface area contributed by atoms with Crippen molar-refractivity contribution in [2.45, 2.75) is 25.9 Å². The molecule has 0 saturated carbocycles. The second kappa shape index (κ2) is 7.71. The molecule has 0 aliphatic carbocycles. The molecule has 1 unspecified atom stereocenters. The van der Waals surface area contributed by atoms with Gasteiger partial charge in [0.25, 0.3) is 0 Å². The first kappa shape index (κ1) is 17.4. The van der Waals surface area contributed by atoms with Gasteiger partial charge in [0.15, 0.2) is 0 Å². The molecule has 1 aliphatic heterocycles.